The van der Waals surface area contributed by atoms with Crippen molar-refractivity contribution >= 4 is 0 Å². The quantitative estimate of drug-likeness (QED) is 0.687. The Labute approximate surface area is 88.1 Å². The Hall–Kier alpha value is -0.0800. The van der Waals surface area contributed by atoms with Crippen LogP contribution in [0.3, 0.4) is 0 Å². The second kappa shape index (κ2) is 3.82. The maximum absolute atomic E-state index is 3.53. The first kappa shape index (κ1) is 10.4. The first-order chi connectivity index (χ1) is 6.58. The zero-order valence-electron chi connectivity index (χ0n) is 9.84. The van der Waals surface area contributed by atoms with E-state index >= 15 is 0 Å². The normalized spacial score (nSPS) is 38.8. The lowest BCUT2D eigenvalue weighted by molar-refractivity contribution is 0.138. The number of hydrogen-bond acceptors (Lipinski definition) is 2. The van der Waals surface area contributed by atoms with Crippen molar-refractivity contribution in [1.29, 1.82) is 0 Å². The predicted octanol–water partition coefficient (Wildman–Crippen LogP) is 1.72. The summed E-state index contributed by atoms with van der Waals surface area (Å²) in [6.07, 6.45) is 2.72. The molecule has 2 heteroatoms. The minimum atomic E-state index is 0.553. The topological polar surface area (TPSA) is 15.3 Å². The van der Waals surface area contributed by atoms with Gasteiger partial charge in [0.25, 0.3) is 0 Å². The third-order valence-corrected chi connectivity index (χ3v) is 3.96. The molecule has 0 aromatic carbocycles. The molecule has 0 aromatic rings. The van der Waals surface area contributed by atoms with Gasteiger partial charge in [-0.2, -0.15) is 0 Å². The Bertz CT molecular complexity index is 200. The standard InChI is InChI=1S/C12H24N2/c1-10-4-6-13-8-11(10)14-7-5-12(2,3)9-14/h10-11,13H,4-9H2,1-3H3. The monoisotopic (exact) mass is 196 g/mol. The van der Waals surface area contributed by atoms with E-state index < -0.39 is 0 Å². The van der Waals surface area contributed by atoms with Gasteiger partial charge in [0.1, 0.15) is 0 Å². The lowest BCUT2D eigenvalue weighted by atomic mass is 9.91. The molecule has 0 aliphatic carbocycles. The van der Waals surface area contributed by atoms with Crippen LogP contribution in [0.4, 0.5) is 0 Å². The smallest absolute Gasteiger partial charge is 0.0246 e. The second-order valence-corrected chi connectivity index (χ2v) is 5.92. The molecule has 2 nitrogen and oxygen atoms in total. The van der Waals surface area contributed by atoms with Crippen LogP contribution in [0.25, 0.3) is 0 Å². The van der Waals surface area contributed by atoms with Crippen LogP contribution in [0.5, 0.6) is 0 Å². The lowest BCUT2D eigenvalue weighted by Crippen LogP contribution is -2.49. The van der Waals surface area contributed by atoms with E-state index in [-0.39, 0.29) is 0 Å². The van der Waals surface area contributed by atoms with Crippen LogP contribution in [-0.4, -0.2) is 37.1 Å². The summed E-state index contributed by atoms with van der Waals surface area (Å²) >= 11 is 0. The molecule has 14 heavy (non-hydrogen) atoms. The average molecular weight is 196 g/mol. The van der Waals surface area contributed by atoms with E-state index in [9.17, 15) is 0 Å². The van der Waals surface area contributed by atoms with Crippen molar-refractivity contribution in [2.75, 3.05) is 26.2 Å². The van der Waals surface area contributed by atoms with Gasteiger partial charge in [0, 0.05) is 19.1 Å². The third-order valence-electron chi connectivity index (χ3n) is 3.96. The highest BCUT2D eigenvalue weighted by molar-refractivity contribution is 4.91. The van der Waals surface area contributed by atoms with Crippen molar-refractivity contribution in [1.82, 2.24) is 10.2 Å². The van der Waals surface area contributed by atoms with Gasteiger partial charge in [-0.25, -0.2) is 0 Å². The highest BCUT2D eigenvalue weighted by Crippen LogP contribution is 2.32. The molecule has 2 aliphatic heterocycles. The highest BCUT2D eigenvalue weighted by atomic mass is 15.2. The van der Waals surface area contributed by atoms with Gasteiger partial charge < -0.3 is 5.32 Å². The Morgan fingerprint density at radius 2 is 2.14 bits per heavy atom. The fourth-order valence-corrected chi connectivity index (χ4v) is 2.90. The van der Waals surface area contributed by atoms with Crippen molar-refractivity contribution in [2.45, 2.75) is 39.7 Å². The summed E-state index contributed by atoms with van der Waals surface area (Å²) in [6, 6.07) is 0.797. The minimum Gasteiger partial charge on any atom is -0.315 e. The fourth-order valence-electron chi connectivity index (χ4n) is 2.90. The lowest BCUT2D eigenvalue weighted by Gasteiger charge is -2.37. The summed E-state index contributed by atoms with van der Waals surface area (Å²) in [5.41, 5.74) is 0.553. The summed E-state index contributed by atoms with van der Waals surface area (Å²) in [5.74, 6) is 0.880. The molecule has 2 aliphatic rings. The zero-order valence-corrected chi connectivity index (χ0v) is 9.84. The van der Waals surface area contributed by atoms with Crippen LogP contribution in [0.15, 0.2) is 0 Å². The summed E-state index contributed by atoms with van der Waals surface area (Å²) in [6.45, 7) is 12.2. The van der Waals surface area contributed by atoms with E-state index in [0.29, 0.717) is 5.41 Å². The molecule has 0 aromatic heterocycles. The third kappa shape index (κ3) is 2.12. The van der Waals surface area contributed by atoms with E-state index in [1.54, 1.807) is 0 Å². The first-order valence-corrected chi connectivity index (χ1v) is 6.03. The first-order valence-electron chi connectivity index (χ1n) is 6.03. The summed E-state index contributed by atoms with van der Waals surface area (Å²) < 4.78 is 0. The van der Waals surface area contributed by atoms with Crippen molar-refractivity contribution in [2.24, 2.45) is 11.3 Å². The van der Waals surface area contributed by atoms with Crippen molar-refractivity contribution in [3.8, 4) is 0 Å². The number of piperidine rings is 1. The van der Waals surface area contributed by atoms with Crippen LogP contribution >= 0.6 is 0 Å². The molecular weight excluding hydrogens is 172 g/mol. The zero-order chi connectivity index (χ0) is 10.2. The molecule has 0 amide bonds. The molecule has 0 bridgehead atoms. The summed E-state index contributed by atoms with van der Waals surface area (Å²) in [4.78, 5) is 2.71. The van der Waals surface area contributed by atoms with Crippen molar-refractivity contribution < 1.29 is 0 Å². The molecule has 2 fully saturated rings. The van der Waals surface area contributed by atoms with Gasteiger partial charge in [-0.1, -0.05) is 20.8 Å². The Kier molecular flexibility index (Phi) is 2.85. The number of likely N-dealkylation sites (tertiary alicyclic amines) is 1. The molecule has 0 spiro atoms. The molecule has 2 heterocycles. The molecule has 0 saturated carbocycles. The van der Waals surface area contributed by atoms with E-state index in [4.69, 9.17) is 0 Å². The average Bonchev–Trinajstić information content (AvgIpc) is 2.47. The van der Waals surface area contributed by atoms with Gasteiger partial charge >= 0.3 is 0 Å². The molecule has 2 saturated heterocycles. The van der Waals surface area contributed by atoms with Crippen molar-refractivity contribution in [3.05, 3.63) is 0 Å². The maximum Gasteiger partial charge on any atom is 0.0246 e. The van der Waals surface area contributed by atoms with Crippen LogP contribution < -0.4 is 5.32 Å². The highest BCUT2D eigenvalue weighted by Gasteiger charge is 2.35. The Balaban J connectivity index is 1.95. The van der Waals surface area contributed by atoms with Gasteiger partial charge in [0.05, 0.1) is 0 Å². The molecule has 1 N–H and O–H groups in total. The Morgan fingerprint density at radius 1 is 1.36 bits per heavy atom. The minimum absolute atomic E-state index is 0.553. The van der Waals surface area contributed by atoms with Gasteiger partial charge in [0.15, 0.2) is 0 Å². The summed E-state index contributed by atoms with van der Waals surface area (Å²) in [5, 5.41) is 3.53. The number of nitrogens with zero attached hydrogens (tertiary/aromatic N) is 1. The number of hydrogen-bond donors (Lipinski definition) is 1. The van der Waals surface area contributed by atoms with Gasteiger partial charge in [-0.05, 0) is 37.3 Å². The molecular formula is C12H24N2. The largest absolute Gasteiger partial charge is 0.315 e. The van der Waals surface area contributed by atoms with Crippen LogP contribution in [0.2, 0.25) is 0 Å². The predicted molar refractivity (Wildman–Crippen MR) is 60.4 cm³/mol. The van der Waals surface area contributed by atoms with E-state index in [1.165, 1.54) is 39.0 Å². The molecule has 82 valence electrons. The molecule has 2 rings (SSSR count). The maximum atomic E-state index is 3.53. The van der Waals surface area contributed by atoms with Gasteiger partial charge in [0.2, 0.25) is 0 Å². The fraction of sp³-hybridized carbons (Fsp3) is 1.00. The van der Waals surface area contributed by atoms with Gasteiger partial charge in [-0.15, -0.1) is 0 Å². The van der Waals surface area contributed by atoms with E-state index in [2.05, 4.69) is 31.0 Å². The SMILES string of the molecule is CC1CCNCC1N1CCC(C)(C)C1. The van der Waals surface area contributed by atoms with Crippen LogP contribution in [-0.2, 0) is 0 Å². The summed E-state index contributed by atoms with van der Waals surface area (Å²) in [7, 11) is 0. The van der Waals surface area contributed by atoms with Gasteiger partial charge in [-0.3, -0.25) is 4.90 Å². The molecule has 2 atom stereocenters. The van der Waals surface area contributed by atoms with E-state index in [0.717, 1.165) is 12.0 Å². The number of nitrogens with one attached hydrogen (secondary N) is 1. The molecule has 2 unspecified atom stereocenters. The second-order valence-electron chi connectivity index (χ2n) is 5.92. The van der Waals surface area contributed by atoms with Crippen LogP contribution in [0, 0.1) is 11.3 Å². The van der Waals surface area contributed by atoms with Crippen molar-refractivity contribution in [3.63, 3.8) is 0 Å². The van der Waals surface area contributed by atoms with E-state index in [1.807, 2.05) is 0 Å². The molecule has 0 radical (unpaired) electrons. The van der Waals surface area contributed by atoms with Crippen LogP contribution in [0.1, 0.15) is 33.6 Å². The Morgan fingerprint density at radius 3 is 2.71 bits per heavy atom. The number of rotatable bonds is 1.